The van der Waals surface area contributed by atoms with Crippen LogP contribution in [-0.4, -0.2) is 11.6 Å². The number of nitrogens with zero attached hydrogens (tertiary/aromatic N) is 3. The molecule has 0 unspecified atom stereocenters. The number of thiazole rings is 2. The smallest absolute Gasteiger partial charge is 0.271 e. The Morgan fingerprint density at radius 2 is 1.91 bits per heavy atom. The standard InChI is InChI=1S/C25H22Cl2N3OS3/c1-4-30-22(13-21-29(10-11-32-21)14-16-17(26)6-5-7-18(16)27)34-23(24(30)31)25-28(3)19-12-15(2)8-9-20(19)33-25/h5-13H,4,14H2,1-3H3/q+1/b25-23+. The van der Waals surface area contributed by atoms with Gasteiger partial charge in [-0.25, -0.2) is 0 Å². The number of hydrogen-bond donors (Lipinski definition) is 0. The minimum atomic E-state index is 0.0508. The third-order valence-corrected chi connectivity index (χ3v) is 9.80. The number of benzene rings is 2. The molecule has 2 aromatic carbocycles. The second kappa shape index (κ2) is 9.55. The van der Waals surface area contributed by atoms with E-state index in [1.165, 1.54) is 10.5 Å². The van der Waals surface area contributed by atoms with E-state index in [4.69, 9.17) is 23.2 Å². The molecular weight excluding hydrogens is 525 g/mol. The van der Waals surface area contributed by atoms with Crippen molar-refractivity contribution in [3.8, 4) is 0 Å². The summed E-state index contributed by atoms with van der Waals surface area (Å²) < 4.78 is 5.66. The van der Waals surface area contributed by atoms with Gasteiger partial charge in [0.25, 0.3) is 10.6 Å². The van der Waals surface area contributed by atoms with Gasteiger partial charge in [0.1, 0.15) is 14.2 Å². The number of fused-ring (bicyclic) bond motifs is 1. The lowest BCUT2D eigenvalue weighted by molar-refractivity contribution is -0.685. The fourth-order valence-electron chi connectivity index (χ4n) is 3.95. The van der Waals surface area contributed by atoms with Gasteiger partial charge in [-0.15, -0.1) is 11.3 Å². The van der Waals surface area contributed by atoms with Gasteiger partial charge in [-0.1, -0.05) is 58.4 Å². The highest BCUT2D eigenvalue weighted by molar-refractivity contribution is 8.08. The van der Waals surface area contributed by atoms with Crippen molar-refractivity contribution in [1.82, 2.24) is 4.57 Å². The number of halogens is 2. The average Bonchev–Trinajstić information content (AvgIpc) is 3.47. The predicted molar refractivity (Wildman–Crippen MR) is 146 cm³/mol. The third kappa shape index (κ3) is 4.25. The van der Waals surface area contributed by atoms with Crippen LogP contribution in [0.4, 0.5) is 5.69 Å². The number of aromatic nitrogens is 2. The van der Waals surface area contributed by atoms with Crippen molar-refractivity contribution in [2.45, 2.75) is 31.8 Å². The minimum absolute atomic E-state index is 0.0508. The molecule has 0 saturated carbocycles. The molecule has 34 heavy (non-hydrogen) atoms. The second-order valence-electron chi connectivity index (χ2n) is 7.97. The summed E-state index contributed by atoms with van der Waals surface area (Å²) in [5, 5.41) is 5.34. The van der Waals surface area contributed by atoms with Crippen LogP contribution in [0.25, 0.3) is 11.1 Å². The maximum absolute atomic E-state index is 13.4. The fraction of sp³-hybridized carbons (Fsp3) is 0.200. The van der Waals surface area contributed by atoms with Crippen LogP contribution in [0.1, 0.15) is 23.1 Å². The molecule has 0 N–H and O–H groups in total. The Morgan fingerprint density at radius 1 is 1.15 bits per heavy atom. The molecular formula is C25H22Cl2N3OS3+. The van der Waals surface area contributed by atoms with Gasteiger partial charge in [-0.05, 0) is 43.7 Å². The fourth-order valence-corrected chi connectivity index (χ4v) is 7.76. The number of hydrogen-bond acceptors (Lipinski definition) is 5. The van der Waals surface area contributed by atoms with Crippen LogP contribution in [0.15, 0.2) is 57.7 Å². The summed E-state index contributed by atoms with van der Waals surface area (Å²) in [5.41, 5.74) is 3.29. The van der Waals surface area contributed by atoms with E-state index in [-0.39, 0.29) is 5.56 Å². The molecule has 174 valence electrons. The van der Waals surface area contributed by atoms with E-state index in [1.807, 2.05) is 48.3 Å². The zero-order chi connectivity index (χ0) is 24.0. The molecule has 0 bridgehead atoms. The summed E-state index contributed by atoms with van der Waals surface area (Å²) in [6.07, 6.45) is 4.11. The second-order valence-corrected chi connectivity index (χ2v) is 11.8. The van der Waals surface area contributed by atoms with E-state index in [0.717, 1.165) is 30.5 Å². The minimum Gasteiger partial charge on any atom is -0.337 e. The monoisotopic (exact) mass is 546 g/mol. The molecule has 5 rings (SSSR count). The maximum atomic E-state index is 13.4. The largest absolute Gasteiger partial charge is 0.337 e. The van der Waals surface area contributed by atoms with Crippen LogP contribution in [0.3, 0.4) is 0 Å². The van der Waals surface area contributed by atoms with E-state index in [0.29, 0.717) is 23.1 Å². The van der Waals surface area contributed by atoms with Gasteiger partial charge in [0.2, 0.25) is 0 Å². The van der Waals surface area contributed by atoms with E-state index < -0.39 is 0 Å². The Balaban J connectivity index is 1.61. The molecule has 1 aliphatic rings. The average molecular weight is 548 g/mol. The molecule has 0 radical (unpaired) electrons. The van der Waals surface area contributed by atoms with Gasteiger partial charge < -0.3 is 4.90 Å². The first kappa shape index (κ1) is 23.7. The third-order valence-electron chi connectivity index (χ3n) is 5.76. The predicted octanol–water partition coefficient (Wildman–Crippen LogP) is 5.08. The Hall–Kier alpha value is -2.03. The quantitative estimate of drug-likeness (QED) is 0.334. The molecule has 0 atom stereocenters. The van der Waals surface area contributed by atoms with Crippen LogP contribution in [0.2, 0.25) is 10.0 Å². The summed E-state index contributed by atoms with van der Waals surface area (Å²) in [5.74, 6) is 0. The first-order chi connectivity index (χ1) is 16.4. The molecule has 4 aromatic rings. The number of rotatable bonds is 4. The highest BCUT2D eigenvalue weighted by atomic mass is 35.5. The van der Waals surface area contributed by atoms with Crippen molar-refractivity contribution < 1.29 is 4.57 Å². The molecule has 0 fully saturated rings. The molecule has 3 heterocycles. The summed E-state index contributed by atoms with van der Waals surface area (Å²) in [4.78, 5) is 16.7. The highest BCUT2D eigenvalue weighted by Gasteiger charge is 2.25. The van der Waals surface area contributed by atoms with Crippen LogP contribution < -0.4 is 24.2 Å². The molecule has 0 spiro atoms. The maximum Gasteiger partial charge on any atom is 0.271 e. The van der Waals surface area contributed by atoms with Crippen molar-refractivity contribution in [3.63, 3.8) is 0 Å². The number of anilines is 1. The Labute approximate surface area is 220 Å². The lowest BCUT2D eigenvalue weighted by Crippen LogP contribution is -2.36. The molecule has 0 saturated heterocycles. The van der Waals surface area contributed by atoms with Crippen molar-refractivity contribution in [2.24, 2.45) is 0 Å². The van der Waals surface area contributed by atoms with Crippen LogP contribution in [-0.2, 0) is 13.1 Å². The van der Waals surface area contributed by atoms with E-state index in [1.54, 1.807) is 34.4 Å². The van der Waals surface area contributed by atoms with Gasteiger partial charge in [0.05, 0.1) is 32.8 Å². The lowest BCUT2D eigenvalue weighted by atomic mass is 10.2. The molecule has 4 nitrogen and oxygen atoms in total. The Bertz CT molecular complexity index is 1570. The van der Waals surface area contributed by atoms with Gasteiger partial charge in [-0.3, -0.25) is 9.36 Å². The van der Waals surface area contributed by atoms with Crippen LogP contribution >= 0.6 is 57.6 Å². The van der Waals surface area contributed by atoms with Gasteiger partial charge >= 0.3 is 0 Å². The van der Waals surface area contributed by atoms with Gasteiger partial charge in [0.15, 0.2) is 12.7 Å². The summed E-state index contributed by atoms with van der Waals surface area (Å²) >= 11 is 17.6. The molecule has 2 aromatic heterocycles. The first-order valence-corrected chi connectivity index (χ1v) is 14.0. The first-order valence-electron chi connectivity index (χ1n) is 10.7. The van der Waals surface area contributed by atoms with Crippen molar-refractivity contribution in [2.75, 3.05) is 11.9 Å². The summed E-state index contributed by atoms with van der Waals surface area (Å²) in [6.45, 7) is 5.27. The zero-order valence-corrected chi connectivity index (χ0v) is 22.8. The molecule has 9 heteroatoms. The van der Waals surface area contributed by atoms with Gasteiger partial charge in [0, 0.05) is 18.5 Å². The van der Waals surface area contributed by atoms with E-state index in [9.17, 15) is 4.79 Å². The van der Waals surface area contributed by atoms with E-state index >= 15 is 0 Å². The topological polar surface area (TPSA) is 29.1 Å². The zero-order valence-electron chi connectivity index (χ0n) is 18.8. The SMILES string of the molecule is CCn1c(=O)/c(=C2\Sc3ccc(C)cc3N2C)s/c1=C\c1scc[n+]1Cc1c(Cl)cccc1Cl. The van der Waals surface area contributed by atoms with Crippen LogP contribution in [0, 0.1) is 6.92 Å². The van der Waals surface area contributed by atoms with E-state index in [2.05, 4.69) is 40.7 Å². The number of aryl methyl sites for hydroxylation is 1. The Kier molecular flexibility index (Phi) is 6.66. The molecule has 0 aliphatic carbocycles. The summed E-state index contributed by atoms with van der Waals surface area (Å²) in [7, 11) is 2.03. The lowest BCUT2D eigenvalue weighted by Gasteiger charge is -2.12. The summed E-state index contributed by atoms with van der Waals surface area (Å²) in [6, 6.07) is 12.0. The van der Waals surface area contributed by atoms with Crippen molar-refractivity contribution in [1.29, 1.82) is 0 Å². The molecule has 0 amide bonds. The van der Waals surface area contributed by atoms with Crippen LogP contribution in [0.5, 0.6) is 0 Å². The van der Waals surface area contributed by atoms with Crippen molar-refractivity contribution in [3.05, 3.63) is 93.7 Å². The van der Waals surface area contributed by atoms with Gasteiger partial charge in [-0.2, -0.15) is 4.57 Å². The molecule has 1 aliphatic heterocycles. The Morgan fingerprint density at radius 3 is 2.65 bits per heavy atom. The highest BCUT2D eigenvalue weighted by Crippen LogP contribution is 2.45. The normalized spacial score (nSPS) is 15.3. The number of thioether (sulfide) groups is 1. The van der Waals surface area contributed by atoms with Crippen molar-refractivity contribution >= 4 is 74.4 Å².